The van der Waals surface area contributed by atoms with Crippen molar-refractivity contribution >= 4 is 5.78 Å². The molecule has 2 heterocycles. The summed E-state index contributed by atoms with van der Waals surface area (Å²) >= 11 is 0. The van der Waals surface area contributed by atoms with Gasteiger partial charge in [0.2, 0.25) is 0 Å². The van der Waals surface area contributed by atoms with Crippen LogP contribution in [0, 0.1) is 5.41 Å². The third-order valence-electron chi connectivity index (χ3n) is 4.14. The first-order valence-electron chi connectivity index (χ1n) is 6.14. The monoisotopic (exact) mass is 231 g/mol. The second-order valence-electron chi connectivity index (χ2n) is 5.80. The van der Waals surface area contributed by atoms with Crippen molar-refractivity contribution in [3.63, 3.8) is 0 Å². The maximum absolute atomic E-state index is 11.9. The van der Waals surface area contributed by atoms with Crippen LogP contribution in [0.15, 0.2) is 18.5 Å². The molecule has 0 aromatic carbocycles. The van der Waals surface area contributed by atoms with E-state index in [0.29, 0.717) is 18.8 Å². The van der Waals surface area contributed by atoms with Crippen molar-refractivity contribution in [3.8, 4) is 0 Å². The molecule has 0 saturated heterocycles. The normalized spacial score (nSPS) is 30.6. The van der Waals surface area contributed by atoms with E-state index in [9.17, 15) is 4.79 Å². The van der Waals surface area contributed by atoms with Crippen LogP contribution >= 0.6 is 0 Å². The Labute approximate surface area is 101 Å². The molecular formula is C14H17NO2. The number of carbonyl (C=O) groups is 1. The van der Waals surface area contributed by atoms with Gasteiger partial charge in [-0.05, 0) is 24.5 Å². The summed E-state index contributed by atoms with van der Waals surface area (Å²) in [5, 5.41) is 0. The Hall–Kier alpha value is -1.22. The Morgan fingerprint density at radius 1 is 1.41 bits per heavy atom. The molecule has 1 spiro atoms. The SMILES string of the molecule is CC1(C)CC2(CCC1=O)OCc1ccncc12. The Balaban J connectivity index is 2.02. The number of aromatic nitrogens is 1. The lowest BCUT2D eigenvalue weighted by atomic mass is 9.67. The lowest BCUT2D eigenvalue weighted by Crippen LogP contribution is -2.42. The van der Waals surface area contributed by atoms with Crippen molar-refractivity contribution < 1.29 is 9.53 Å². The molecule has 3 rings (SSSR count). The Morgan fingerprint density at radius 2 is 2.24 bits per heavy atom. The number of hydrogen-bond donors (Lipinski definition) is 0. The van der Waals surface area contributed by atoms with Gasteiger partial charge in [0.25, 0.3) is 0 Å². The summed E-state index contributed by atoms with van der Waals surface area (Å²) in [6, 6.07) is 2.02. The van der Waals surface area contributed by atoms with Crippen molar-refractivity contribution in [1.29, 1.82) is 0 Å². The summed E-state index contributed by atoms with van der Waals surface area (Å²) in [6.45, 7) is 4.70. The quantitative estimate of drug-likeness (QED) is 0.689. The van der Waals surface area contributed by atoms with Crippen LogP contribution in [0.1, 0.15) is 44.2 Å². The number of ketones is 1. The number of Topliss-reactive ketones (excluding diaryl/α,β-unsaturated/α-hetero) is 1. The molecule has 0 amide bonds. The molecule has 90 valence electrons. The molecule has 1 aromatic rings. The molecule has 0 N–H and O–H groups in total. The largest absolute Gasteiger partial charge is 0.365 e. The molecule has 17 heavy (non-hydrogen) atoms. The van der Waals surface area contributed by atoms with Gasteiger partial charge in [0.15, 0.2) is 0 Å². The van der Waals surface area contributed by atoms with E-state index in [0.717, 1.165) is 12.8 Å². The topological polar surface area (TPSA) is 39.2 Å². The number of ether oxygens (including phenoxy) is 1. The highest BCUT2D eigenvalue weighted by molar-refractivity contribution is 5.85. The maximum Gasteiger partial charge on any atom is 0.138 e. The van der Waals surface area contributed by atoms with Gasteiger partial charge in [0, 0.05) is 29.8 Å². The van der Waals surface area contributed by atoms with Crippen molar-refractivity contribution in [2.45, 2.75) is 45.3 Å². The van der Waals surface area contributed by atoms with Crippen molar-refractivity contribution in [2.24, 2.45) is 5.41 Å². The molecule has 1 fully saturated rings. The second kappa shape index (κ2) is 3.39. The first-order valence-corrected chi connectivity index (χ1v) is 6.14. The third kappa shape index (κ3) is 1.53. The number of hydrogen-bond acceptors (Lipinski definition) is 3. The Morgan fingerprint density at radius 3 is 3.00 bits per heavy atom. The van der Waals surface area contributed by atoms with E-state index in [-0.39, 0.29) is 11.0 Å². The van der Waals surface area contributed by atoms with Crippen LogP contribution in [0.25, 0.3) is 0 Å². The molecule has 3 nitrogen and oxygen atoms in total. The summed E-state index contributed by atoms with van der Waals surface area (Å²) in [7, 11) is 0. The summed E-state index contributed by atoms with van der Waals surface area (Å²) < 4.78 is 6.04. The van der Waals surface area contributed by atoms with Crippen LogP contribution in [0.4, 0.5) is 0 Å². The predicted octanol–water partition coefficient (Wildman–Crippen LogP) is 2.59. The molecule has 1 aliphatic heterocycles. The van der Waals surface area contributed by atoms with Gasteiger partial charge >= 0.3 is 0 Å². The molecule has 2 aliphatic rings. The fraction of sp³-hybridized carbons (Fsp3) is 0.571. The lowest BCUT2D eigenvalue weighted by molar-refractivity contribution is -0.145. The fourth-order valence-electron chi connectivity index (χ4n) is 3.16. The molecule has 1 atom stereocenters. The van der Waals surface area contributed by atoms with Gasteiger partial charge in [-0.15, -0.1) is 0 Å². The summed E-state index contributed by atoms with van der Waals surface area (Å²) in [5.41, 5.74) is 1.88. The third-order valence-corrected chi connectivity index (χ3v) is 4.14. The van der Waals surface area contributed by atoms with Crippen LogP contribution < -0.4 is 0 Å². The zero-order chi connectivity index (χ0) is 12.1. The molecule has 1 aliphatic carbocycles. The molecule has 1 unspecified atom stereocenters. The number of nitrogens with zero attached hydrogens (tertiary/aromatic N) is 1. The van der Waals surface area contributed by atoms with Crippen LogP contribution in [0.5, 0.6) is 0 Å². The van der Waals surface area contributed by atoms with E-state index >= 15 is 0 Å². The van der Waals surface area contributed by atoms with Gasteiger partial charge in [-0.3, -0.25) is 9.78 Å². The van der Waals surface area contributed by atoms with E-state index in [1.54, 1.807) is 6.20 Å². The average Bonchev–Trinajstić information content (AvgIpc) is 2.64. The number of fused-ring (bicyclic) bond motifs is 2. The standard InChI is InChI=1S/C14H17NO2/c1-13(2)9-14(5-3-12(13)16)11-7-15-6-4-10(11)8-17-14/h4,6-7H,3,5,8-9H2,1-2H3. The highest BCUT2D eigenvalue weighted by Crippen LogP contribution is 2.50. The minimum atomic E-state index is -0.282. The fourth-order valence-corrected chi connectivity index (χ4v) is 3.16. The van der Waals surface area contributed by atoms with Crippen molar-refractivity contribution in [3.05, 3.63) is 29.6 Å². The summed E-state index contributed by atoms with van der Waals surface area (Å²) in [5.74, 6) is 0.351. The lowest BCUT2D eigenvalue weighted by Gasteiger charge is -2.41. The average molecular weight is 231 g/mol. The van der Waals surface area contributed by atoms with Crippen LogP contribution in [0.3, 0.4) is 0 Å². The second-order valence-corrected chi connectivity index (χ2v) is 5.80. The minimum absolute atomic E-state index is 0.263. The van der Waals surface area contributed by atoms with Gasteiger partial charge in [-0.1, -0.05) is 13.8 Å². The van der Waals surface area contributed by atoms with Gasteiger partial charge in [-0.2, -0.15) is 0 Å². The highest BCUT2D eigenvalue weighted by Gasteiger charge is 2.49. The van der Waals surface area contributed by atoms with Crippen molar-refractivity contribution in [2.75, 3.05) is 0 Å². The molecule has 3 heteroatoms. The van der Waals surface area contributed by atoms with Crippen LogP contribution in [-0.2, 0) is 21.7 Å². The smallest absolute Gasteiger partial charge is 0.138 e. The van der Waals surface area contributed by atoms with Gasteiger partial charge < -0.3 is 4.74 Å². The minimum Gasteiger partial charge on any atom is -0.365 e. The first-order chi connectivity index (χ1) is 8.04. The van der Waals surface area contributed by atoms with E-state index in [4.69, 9.17) is 4.74 Å². The zero-order valence-corrected chi connectivity index (χ0v) is 10.3. The van der Waals surface area contributed by atoms with Gasteiger partial charge in [0.1, 0.15) is 5.78 Å². The predicted molar refractivity (Wildman–Crippen MR) is 63.3 cm³/mol. The molecule has 0 bridgehead atoms. The highest BCUT2D eigenvalue weighted by atomic mass is 16.5. The van der Waals surface area contributed by atoms with Crippen LogP contribution in [-0.4, -0.2) is 10.8 Å². The molecule has 0 radical (unpaired) electrons. The summed E-state index contributed by atoms with van der Waals surface area (Å²) in [6.07, 6.45) is 5.90. The van der Waals surface area contributed by atoms with E-state index in [2.05, 4.69) is 4.98 Å². The van der Waals surface area contributed by atoms with Gasteiger partial charge in [-0.25, -0.2) is 0 Å². The molecule has 1 saturated carbocycles. The Bertz CT molecular complexity index is 481. The molecule has 1 aromatic heterocycles. The number of carbonyl (C=O) groups excluding carboxylic acids is 1. The van der Waals surface area contributed by atoms with E-state index < -0.39 is 0 Å². The number of pyridine rings is 1. The first kappa shape index (κ1) is 10.9. The van der Waals surface area contributed by atoms with E-state index in [1.807, 2.05) is 26.1 Å². The maximum atomic E-state index is 11.9. The zero-order valence-electron chi connectivity index (χ0n) is 10.3. The molecular weight excluding hydrogens is 214 g/mol. The van der Waals surface area contributed by atoms with E-state index in [1.165, 1.54) is 11.1 Å². The number of rotatable bonds is 0. The van der Waals surface area contributed by atoms with Crippen LogP contribution in [0.2, 0.25) is 0 Å². The van der Waals surface area contributed by atoms with Crippen molar-refractivity contribution in [1.82, 2.24) is 4.98 Å². The summed E-state index contributed by atoms with van der Waals surface area (Å²) in [4.78, 5) is 16.1. The van der Waals surface area contributed by atoms with Gasteiger partial charge in [0.05, 0.1) is 12.2 Å². The Kier molecular flexibility index (Phi) is 2.17.